The van der Waals surface area contributed by atoms with Crippen molar-refractivity contribution in [3.63, 3.8) is 0 Å². The van der Waals surface area contributed by atoms with E-state index < -0.39 is 0 Å². The molecule has 0 bridgehead atoms. The van der Waals surface area contributed by atoms with Crippen molar-refractivity contribution in [3.8, 4) is 11.8 Å². The first-order valence-electron chi connectivity index (χ1n) is 10.1. The zero-order valence-electron chi connectivity index (χ0n) is 16.4. The Hall–Kier alpha value is -3.00. The van der Waals surface area contributed by atoms with Crippen LogP contribution < -0.4 is 10.5 Å². The molecule has 144 valence electrons. The van der Waals surface area contributed by atoms with Crippen molar-refractivity contribution in [1.82, 2.24) is 14.1 Å². The molecule has 1 aliphatic rings. The van der Waals surface area contributed by atoms with Gasteiger partial charge in [-0.1, -0.05) is 36.3 Å². The Morgan fingerprint density at radius 2 is 1.86 bits per heavy atom. The first-order chi connectivity index (χ1) is 13.8. The zero-order chi connectivity index (χ0) is 19.3. The van der Waals surface area contributed by atoms with Gasteiger partial charge in [0.05, 0.1) is 12.1 Å². The number of hydrogen-bond donors (Lipinski definition) is 0. The summed E-state index contributed by atoms with van der Waals surface area (Å²) in [7, 11) is 0. The summed E-state index contributed by atoms with van der Waals surface area (Å²) >= 11 is 0. The van der Waals surface area contributed by atoms with Crippen LogP contribution in [0.2, 0.25) is 0 Å². The van der Waals surface area contributed by atoms with Crippen LogP contribution in [0, 0.1) is 11.8 Å². The maximum atomic E-state index is 13.3. The number of nitrogens with zero attached hydrogens (tertiary/aromatic N) is 4. The second kappa shape index (κ2) is 8.35. The summed E-state index contributed by atoms with van der Waals surface area (Å²) in [5, 5.41) is 0. The topological polar surface area (TPSA) is 43.1 Å². The molecule has 2 aromatic heterocycles. The second-order valence-corrected chi connectivity index (χ2v) is 7.26. The van der Waals surface area contributed by atoms with Gasteiger partial charge in [-0.3, -0.25) is 9.36 Å². The van der Waals surface area contributed by atoms with Crippen molar-refractivity contribution >= 4 is 17.0 Å². The zero-order valence-corrected chi connectivity index (χ0v) is 16.4. The number of hydrogen-bond acceptors (Lipinski definition) is 3. The molecule has 1 saturated heterocycles. The van der Waals surface area contributed by atoms with E-state index in [2.05, 4.69) is 28.9 Å². The minimum atomic E-state index is 0.0158. The van der Waals surface area contributed by atoms with Gasteiger partial charge in [0, 0.05) is 25.8 Å². The van der Waals surface area contributed by atoms with Crippen LogP contribution in [-0.4, -0.2) is 27.2 Å². The van der Waals surface area contributed by atoms with Crippen LogP contribution in [-0.2, 0) is 19.5 Å². The number of rotatable bonds is 5. The van der Waals surface area contributed by atoms with E-state index in [1.807, 2.05) is 42.0 Å². The lowest BCUT2D eigenvalue weighted by molar-refractivity contribution is 0.561. The van der Waals surface area contributed by atoms with E-state index in [0.29, 0.717) is 18.6 Å². The Kier molecular flexibility index (Phi) is 5.48. The molecule has 0 saturated carbocycles. The Labute approximate surface area is 165 Å². The number of fused-ring (bicyclic) bond motifs is 1. The normalized spacial score (nSPS) is 14.1. The van der Waals surface area contributed by atoms with Gasteiger partial charge in [-0.15, -0.1) is 5.92 Å². The lowest BCUT2D eigenvalue weighted by Crippen LogP contribution is -2.32. The molecule has 0 N–H and O–H groups in total. The lowest BCUT2D eigenvalue weighted by Gasteiger charge is -2.27. The number of pyridine rings is 1. The van der Waals surface area contributed by atoms with Gasteiger partial charge in [0.25, 0.3) is 5.56 Å². The average molecular weight is 374 g/mol. The number of aryl methyl sites for hydroxylation is 2. The van der Waals surface area contributed by atoms with Crippen LogP contribution in [0.4, 0.5) is 5.95 Å². The van der Waals surface area contributed by atoms with Gasteiger partial charge in [-0.05, 0) is 44.2 Å². The number of imidazole rings is 1. The van der Waals surface area contributed by atoms with Crippen LogP contribution in [0.1, 0.15) is 31.7 Å². The fourth-order valence-corrected chi connectivity index (χ4v) is 3.88. The number of benzene rings is 1. The van der Waals surface area contributed by atoms with Gasteiger partial charge in [-0.25, -0.2) is 4.98 Å². The molecule has 1 aliphatic heterocycles. The van der Waals surface area contributed by atoms with Gasteiger partial charge < -0.3 is 9.47 Å². The van der Waals surface area contributed by atoms with E-state index in [-0.39, 0.29) is 5.56 Å². The van der Waals surface area contributed by atoms with Gasteiger partial charge in [-0.2, -0.15) is 0 Å². The summed E-state index contributed by atoms with van der Waals surface area (Å²) < 4.78 is 3.81. The molecule has 1 aromatic carbocycles. The average Bonchev–Trinajstić information content (AvgIpc) is 3.12. The van der Waals surface area contributed by atoms with Crippen molar-refractivity contribution in [2.45, 2.75) is 45.7 Å². The lowest BCUT2D eigenvalue weighted by atomic mass is 10.1. The summed E-state index contributed by atoms with van der Waals surface area (Å²) in [5.74, 6) is 6.97. The van der Waals surface area contributed by atoms with Crippen molar-refractivity contribution in [3.05, 3.63) is 58.5 Å². The molecule has 4 rings (SSSR count). The highest BCUT2D eigenvalue weighted by molar-refractivity contribution is 5.78. The summed E-state index contributed by atoms with van der Waals surface area (Å²) in [4.78, 5) is 20.4. The fraction of sp³-hybridized carbons (Fsp3) is 0.391. The molecule has 28 heavy (non-hydrogen) atoms. The Balaban J connectivity index is 1.72. The highest BCUT2D eigenvalue weighted by atomic mass is 16.1. The predicted molar refractivity (Wildman–Crippen MR) is 114 cm³/mol. The van der Waals surface area contributed by atoms with Crippen LogP contribution in [0.5, 0.6) is 0 Å². The number of anilines is 1. The first kappa shape index (κ1) is 18.4. The molecular formula is C23H26N4O. The molecule has 0 atom stereocenters. The van der Waals surface area contributed by atoms with Crippen molar-refractivity contribution < 1.29 is 0 Å². The third-order valence-corrected chi connectivity index (χ3v) is 5.39. The molecule has 0 spiro atoms. The van der Waals surface area contributed by atoms with E-state index in [4.69, 9.17) is 4.98 Å². The van der Waals surface area contributed by atoms with Crippen molar-refractivity contribution in [2.24, 2.45) is 0 Å². The summed E-state index contributed by atoms with van der Waals surface area (Å²) in [6.07, 6.45) is 6.30. The number of aromatic nitrogens is 3. The third-order valence-electron chi connectivity index (χ3n) is 5.39. The largest absolute Gasteiger partial charge is 0.342 e. The van der Waals surface area contributed by atoms with Crippen molar-refractivity contribution in [1.29, 1.82) is 0 Å². The highest BCUT2D eigenvalue weighted by Crippen LogP contribution is 2.23. The molecular weight excluding hydrogens is 348 g/mol. The molecule has 3 heterocycles. The van der Waals surface area contributed by atoms with Crippen molar-refractivity contribution in [2.75, 3.05) is 18.0 Å². The Morgan fingerprint density at radius 1 is 1.07 bits per heavy atom. The summed E-state index contributed by atoms with van der Waals surface area (Å²) in [5.41, 5.74) is 2.68. The quantitative estimate of drug-likeness (QED) is 0.643. The smallest absolute Gasteiger partial charge is 0.276 e. The minimum absolute atomic E-state index is 0.0158. The molecule has 3 aromatic rings. The standard InChI is InChI=1S/C23H26N4O/c1-2-3-16-27-21-20(24-23(27)26-14-8-5-9-15-26)13-18-25(22(21)28)17-12-19-10-6-4-7-11-19/h4,6-7,10-11,13,18H,5,8-9,12,14-17H2,1H3. The van der Waals surface area contributed by atoms with Crippen LogP contribution >= 0.6 is 0 Å². The fourth-order valence-electron chi connectivity index (χ4n) is 3.88. The minimum Gasteiger partial charge on any atom is -0.342 e. The first-order valence-corrected chi connectivity index (χ1v) is 10.1. The Morgan fingerprint density at radius 3 is 2.61 bits per heavy atom. The third kappa shape index (κ3) is 3.68. The maximum Gasteiger partial charge on any atom is 0.276 e. The molecule has 0 amide bonds. The second-order valence-electron chi connectivity index (χ2n) is 7.26. The molecule has 5 nitrogen and oxygen atoms in total. The Bertz CT molecular complexity index is 1060. The van der Waals surface area contributed by atoms with Crippen LogP contribution in [0.25, 0.3) is 11.0 Å². The summed E-state index contributed by atoms with van der Waals surface area (Å²) in [6, 6.07) is 12.2. The molecule has 0 radical (unpaired) electrons. The van der Waals surface area contributed by atoms with E-state index in [9.17, 15) is 4.79 Å². The van der Waals surface area contributed by atoms with E-state index in [1.54, 1.807) is 4.57 Å². The van der Waals surface area contributed by atoms with Gasteiger partial charge >= 0.3 is 0 Å². The van der Waals surface area contributed by atoms with Gasteiger partial charge in [0.1, 0.15) is 5.52 Å². The molecule has 1 fully saturated rings. The SMILES string of the molecule is CC#CCn1c(N2CCCCC2)nc2ccn(CCc3ccccc3)c(=O)c21. The van der Waals surface area contributed by atoms with Crippen LogP contribution in [0.15, 0.2) is 47.4 Å². The monoisotopic (exact) mass is 374 g/mol. The molecule has 5 heteroatoms. The van der Waals surface area contributed by atoms with E-state index in [1.165, 1.54) is 24.8 Å². The van der Waals surface area contributed by atoms with Crippen LogP contribution in [0.3, 0.4) is 0 Å². The summed E-state index contributed by atoms with van der Waals surface area (Å²) in [6.45, 7) is 4.97. The molecule has 0 unspecified atom stereocenters. The van der Waals surface area contributed by atoms with E-state index >= 15 is 0 Å². The highest BCUT2D eigenvalue weighted by Gasteiger charge is 2.21. The number of piperidine rings is 1. The maximum absolute atomic E-state index is 13.3. The van der Waals surface area contributed by atoms with Gasteiger partial charge in [0.2, 0.25) is 5.95 Å². The predicted octanol–water partition coefficient (Wildman–Crippen LogP) is 3.45. The van der Waals surface area contributed by atoms with Gasteiger partial charge in [0.15, 0.2) is 0 Å². The van der Waals surface area contributed by atoms with E-state index in [0.717, 1.165) is 31.0 Å². The molecule has 0 aliphatic carbocycles.